The van der Waals surface area contributed by atoms with Crippen LogP contribution in [0.2, 0.25) is 0 Å². The van der Waals surface area contributed by atoms with E-state index in [-0.39, 0.29) is 5.91 Å². The van der Waals surface area contributed by atoms with Crippen LogP contribution in [0.4, 0.5) is 0 Å². The summed E-state index contributed by atoms with van der Waals surface area (Å²) in [5.74, 6) is 0.129. The van der Waals surface area contributed by atoms with Gasteiger partial charge in [0.1, 0.15) is 0 Å². The fraction of sp³-hybridized carbons (Fsp3) is 0.500. The van der Waals surface area contributed by atoms with Gasteiger partial charge in [-0.15, -0.1) is 0 Å². The van der Waals surface area contributed by atoms with Crippen LogP contribution < -0.4 is 0 Å². The average molecular weight is 181 g/mol. The van der Waals surface area contributed by atoms with Crippen molar-refractivity contribution >= 4 is 5.91 Å². The Morgan fingerprint density at radius 2 is 2.08 bits per heavy atom. The number of aromatic nitrogens is 1. The first kappa shape index (κ1) is 9.99. The Hall–Kier alpha value is -1.09. The molecule has 0 saturated carbocycles. The van der Waals surface area contributed by atoms with Crippen LogP contribution in [0.5, 0.6) is 0 Å². The van der Waals surface area contributed by atoms with Gasteiger partial charge < -0.3 is 4.74 Å². The van der Waals surface area contributed by atoms with Crippen molar-refractivity contribution in [3.8, 4) is 0 Å². The minimum Gasteiger partial charge on any atom is -0.382 e. The molecule has 1 heterocycles. The molecule has 0 unspecified atom stereocenters. The lowest BCUT2D eigenvalue weighted by Crippen LogP contribution is -2.08. The lowest BCUT2D eigenvalue weighted by Gasteiger charge is -2.01. The zero-order valence-corrected chi connectivity index (χ0v) is 7.90. The summed E-state index contributed by atoms with van der Waals surface area (Å²) >= 11 is 0. The van der Waals surface area contributed by atoms with Crippen molar-refractivity contribution < 1.29 is 9.53 Å². The maximum Gasteiger partial charge on any atom is 0.230 e. The molecular weight excluding hydrogens is 166 g/mol. The molecule has 0 radical (unpaired) electrons. The zero-order valence-electron chi connectivity index (χ0n) is 7.90. The van der Waals surface area contributed by atoms with Crippen LogP contribution in [0.25, 0.3) is 0 Å². The van der Waals surface area contributed by atoms with E-state index in [1.54, 1.807) is 17.0 Å². The van der Waals surface area contributed by atoms with Crippen LogP contribution in [0.3, 0.4) is 0 Å². The number of ether oxygens (including phenoxy) is 1. The van der Waals surface area contributed by atoms with E-state index in [0.29, 0.717) is 13.0 Å². The standard InChI is InChI=1S/C10H15NO2/c1-2-13-9-5-6-10(12)11-7-3-4-8-11/h3-4,7-8H,2,5-6,9H2,1H3. The lowest BCUT2D eigenvalue weighted by molar-refractivity contribution is 0.0869. The van der Waals surface area contributed by atoms with Crippen LogP contribution in [0.1, 0.15) is 24.6 Å². The van der Waals surface area contributed by atoms with E-state index in [9.17, 15) is 4.79 Å². The molecule has 3 heteroatoms. The van der Waals surface area contributed by atoms with Crippen molar-refractivity contribution in [2.45, 2.75) is 19.8 Å². The molecule has 72 valence electrons. The molecule has 1 aromatic rings. The number of nitrogens with zero attached hydrogens (tertiary/aromatic N) is 1. The van der Waals surface area contributed by atoms with Gasteiger partial charge in [-0.3, -0.25) is 9.36 Å². The summed E-state index contributed by atoms with van der Waals surface area (Å²) in [5.41, 5.74) is 0. The largest absolute Gasteiger partial charge is 0.382 e. The molecular formula is C10H15NO2. The molecule has 0 fully saturated rings. The molecule has 0 spiro atoms. The SMILES string of the molecule is CCOCCCC(=O)n1cccc1. The molecule has 0 aliphatic rings. The van der Waals surface area contributed by atoms with Crippen LogP contribution in [-0.4, -0.2) is 23.7 Å². The fourth-order valence-corrected chi connectivity index (χ4v) is 1.10. The average Bonchev–Trinajstić information content (AvgIpc) is 2.65. The molecule has 3 nitrogen and oxygen atoms in total. The van der Waals surface area contributed by atoms with E-state index < -0.39 is 0 Å². The molecule has 1 rings (SSSR count). The van der Waals surface area contributed by atoms with Crippen LogP contribution >= 0.6 is 0 Å². The van der Waals surface area contributed by atoms with Crippen molar-refractivity contribution in [3.05, 3.63) is 24.5 Å². The zero-order chi connectivity index (χ0) is 9.52. The summed E-state index contributed by atoms with van der Waals surface area (Å²) in [7, 11) is 0. The molecule has 13 heavy (non-hydrogen) atoms. The second kappa shape index (κ2) is 5.54. The highest BCUT2D eigenvalue weighted by Crippen LogP contribution is 1.97. The quantitative estimate of drug-likeness (QED) is 0.650. The van der Waals surface area contributed by atoms with Crippen LogP contribution in [0, 0.1) is 0 Å². The minimum atomic E-state index is 0.129. The van der Waals surface area contributed by atoms with Crippen molar-refractivity contribution in [2.24, 2.45) is 0 Å². The Morgan fingerprint density at radius 3 is 2.69 bits per heavy atom. The monoisotopic (exact) mass is 181 g/mol. The Morgan fingerprint density at radius 1 is 1.38 bits per heavy atom. The number of carbonyl (C=O) groups is 1. The third-order valence-electron chi connectivity index (χ3n) is 1.78. The Labute approximate surface area is 78.3 Å². The van der Waals surface area contributed by atoms with Gasteiger partial charge in [0.05, 0.1) is 0 Å². The lowest BCUT2D eigenvalue weighted by atomic mass is 10.3. The highest BCUT2D eigenvalue weighted by atomic mass is 16.5. The van der Waals surface area contributed by atoms with Crippen LogP contribution in [0.15, 0.2) is 24.5 Å². The van der Waals surface area contributed by atoms with Gasteiger partial charge in [0.25, 0.3) is 0 Å². The summed E-state index contributed by atoms with van der Waals surface area (Å²) < 4.78 is 6.74. The predicted molar refractivity (Wildman–Crippen MR) is 50.8 cm³/mol. The molecule has 0 saturated heterocycles. The summed E-state index contributed by atoms with van der Waals surface area (Å²) in [6, 6.07) is 3.70. The fourth-order valence-electron chi connectivity index (χ4n) is 1.10. The van der Waals surface area contributed by atoms with Gasteiger partial charge in [-0.05, 0) is 25.5 Å². The number of carbonyl (C=O) groups excluding carboxylic acids is 1. The topological polar surface area (TPSA) is 31.2 Å². The van der Waals surface area contributed by atoms with E-state index in [2.05, 4.69) is 0 Å². The van der Waals surface area contributed by atoms with Gasteiger partial charge in [-0.1, -0.05) is 0 Å². The van der Waals surface area contributed by atoms with Crippen LogP contribution in [-0.2, 0) is 4.74 Å². The number of hydrogen-bond donors (Lipinski definition) is 0. The molecule has 1 aromatic heterocycles. The first-order valence-electron chi connectivity index (χ1n) is 4.58. The van der Waals surface area contributed by atoms with Gasteiger partial charge in [0, 0.05) is 32.0 Å². The summed E-state index contributed by atoms with van der Waals surface area (Å²) in [5, 5.41) is 0. The molecule has 0 amide bonds. The number of rotatable bonds is 5. The van der Waals surface area contributed by atoms with Crippen molar-refractivity contribution in [3.63, 3.8) is 0 Å². The van der Waals surface area contributed by atoms with E-state index in [4.69, 9.17) is 4.74 Å². The van der Waals surface area contributed by atoms with Gasteiger partial charge in [0.15, 0.2) is 0 Å². The summed E-state index contributed by atoms with van der Waals surface area (Å²) in [6.45, 7) is 3.34. The second-order valence-corrected chi connectivity index (χ2v) is 2.78. The van der Waals surface area contributed by atoms with Gasteiger partial charge >= 0.3 is 0 Å². The first-order chi connectivity index (χ1) is 6.34. The molecule has 0 atom stereocenters. The van der Waals surface area contributed by atoms with E-state index >= 15 is 0 Å². The first-order valence-corrected chi connectivity index (χ1v) is 4.58. The van der Waals surface area contributed by atoms with Crippen molar-refractivity contribution in [2.75, 3.05) is 13.2 Å². The highest BCUT2D eigenvalue weighted by Gasteiger charge is 2.01. The molecule has 0 bridgehead atoms. The Balaban J connectivity index is 2.19. The Bertz CT molecular complexity index is 241. The summed E-state index contributed by atoms with van der Waals surface area (Å²) in [6.07, 6.45) is 4.88. The normalized spacial score (nSPS) is 10.2. The third kappa shape index (κ3) is 3.42. The van der Waals surface area contributed by atoms with Gasteiger partial charge in [-0.2, -0.15) is 0 Å². The maximum atomic E-state index is 11.4. The van der Waals surface area contributed by atoms with E-state index in [1.165, 1.54) is 0 Å². The third-order valence-corrected chi connectivity index (χ3v) is 1.78. The predicted octanol–water partition coefficient (Wildman–Crippen LogP) is 1.95. The van der Waals surface area contributed by atoms with Crippen molar-refractivity contribution in [1.82, 2.24) is 4.57 Å². The second-order valence-electron chi connectivity index (χ2n) is 2.78. The van der Waals surface area contributed by atoms with E-state index in [1.807, 2.05) is 19.1 Å². The molecule has 0 aliphatic heterocycles. The smallest absolute Gasteiger partial charge is 0.230 e. The maximum absolute atomic E-state index is 11.4. The van der Waals surface area contributed by atoms with E-state index in [0.717, 1.165) is 13.0 Å². The van der Waals surface area contributed by atoms with Crippen molar-refractivity contribution in [1.29, 1.82) is 0 Å². The molecule has 0 aliphatic carbocycles. The van der Waals surface area contributed by atoms with Gasteiger partial charge in [-0.25, -0.2) is 0 Å². The molecule has 0 aromatic carbocycles. The van der Waals surface area contributed by atoms with Gasteiger partial charge in [0.2, 0.25) is 5.91 Å². The number of hydrogen-bond acceptors (Lipinski definition) is 2. The minimum absolute atomic E-state index is 0.129. The summed E-state index contributed by atoms with van der Waals surface area (Å²) in [4.78, 5) is 11.4. The Kier molecular flexibility index (Phi) is 4.26. The molecule has 0 N–H and O–H groups in total. The highest BCUT2D eigenvalue weighted by molar-refractivity contribution is 5.78.